The van der Waals surface area contributed by atoms with Crippen molar-refractivity contribution in [1.82, 2.24) is 0 Å². The normalized spacial score (nSPS) is 14.1. The predicted molar refractivity (Wildman–Crippen MR) is 62.0 cm³/mol. The van der Waals surface area contributed by atoms with Crippen molar-refractivity contribution in [2.24, 2.45) is 0 Å². The Bertz CT molecular complexity index is 392. The zero-order valence-electron chi connectivity index (χ0n) is 10.1. The number of esters is 1. The Balaban J connectivity index is 2.89. The number of ether oxygens (including phenoxy) is 1. The number of hydrogen-bond acceptors (Lipinski definition) is 3. The summed E-state index contributed by atoms with van der Waals surface area (Å²) in [5, 5.41) is 10.2. The maximum Gasteiger partial charge on any atom is 0.338 e. The summed E-state index contributed by atoms with van der Waals surface area (Å²) in [5.41, 5.74) is -1.34. The molecule has 1 aromatic rings. The second kappa shape index (κ2) is 5.77. The second-order valence-corrected chi connectivity index (χ2v) is 3.87. The van der Waals surface area contributed by atoms with E-state index in [0.717, 1.165) is 0 Å². The molecule has 3 nitrogen and oxygen atoms in total. The van der Waals surface area contributed by atoms with E-state index in [0.29, 0.717) is 5.56 Å². The van der Waals surface area contributed by atoms with Gasteiger partial charge in [-0.15, -0.1) is 0 Å². The molecule has 1 rings (SSSR count). The number of aliphatic hydroxyl groups is 1. The van der Waals surface area contributed by atoms with Crippen LogP contribution in [0.15, 0.2) is 24.3 Å². The summed E-state index contributed by atoms with van der Waals surface area (Å²) in [6.45, 7) is 3.52. The van der Waals surface area contributed by atoms with Crippen molar-refractivity contribution >= 4 is 5.97 Å². The molecule has 1 N–H and O–H groups in total. The van der Waals surface area contributed by atoms with Gasteiger partial charge in [0.25, 0.3) is 0 Å². The lowest BCUT2D eigenvalue weighted by Crippen LogP contribution is -2.42. The molecule has 1 atom stereocenters. The van der Waals surface area contributed by atoms with Crippen LogP contribution in [0.4, 0.5) is 4.39 Å². The highest BCUT2D eigenvalue weighted by atomic mass is 19.1. The summed E-state index contributed by atoms with van der Waals surface area (Å²) in [6.07, 6.45) is 0.106. The Hall–Kier alpha value is -1.42. The average molecular weight is 240 g/mol. The van der Waals surface area contributed by atoms with Crippen molar-refractivity contribution in [2.75, 3.05) is 6.61 Å². The molecule has 0 aromatic heterocycles. The largest absolute Gasteiger partial charge is 0.464 e. The minimum absolute atomic E-state index is 0.0744. The molecule has 0 aliphatic heterocycles. The second-order valence-electron chi connectivity index (χ2n) is 3.87. The van der Waals surface area contributed by atoms with E-state index in [1.54, 1.807) is 32.0 Å². The van der Waals surface area contributed by atoms with Gasteiger partial charge in [0.05, 0.1) is 6.61 Å². The topological polar surface area (TPSA) is 46.5 Å². The Kier molecular flexibility index (Phi) is 4.63. The molecule has 0 amide bonds. The van der Waals surface area contributed by atoms with Crippen LogP contribution in [-0.4, -0.2) is 23.3 Å². The highest BCUT2D eigenvalue weighted by Crippen LogP contribution is 2.21. The van der Waals surface area contributed by atoms with Gasteiger partial charge in [0.2, 0.25) is 0 Å². The van der Waals surface area contributed by atoms with Crippen molar-refractivity contribution in [1.29, 1.82) is 0 Å². The fourth-order valence-electron chi connectivity index (χ4n) is 1.56. The molecule has 0 spiro atoms. The summed E-state index contributed by atoms with van der Waals surface area (Å²) in [5.74, 6) is -1.13. The standard InChI is InChI=1S/C13H17FO3/c1-3-13(16,12(15)17-4-2)9-10-7-5-6-8-11(10)14/h5-8,16H,3-4,9H2,1-2H3. The molecule has 0 saturated carbocycles. The summed E-state index contributed by atoms with van der Waals surface area (Å²) < 4.78 is 18.2. The van der Waals surface area contributed by atoms with E-state index in [-0.39, 0.29) is 19.4 Å². The van der Waals surface area contributed by atoms with Gasteiger partial charge in [-0.2, -0.15) is 0 Å². The fraction of sp³-hybridized carbons (Fsp3) is 0.462. The lowest BCUT2D eigenvalue weighted by molar-refractivity contribution is -0.165. The van der Waals surface area contributed by atoms with Gasteiger partial charge < -0.3 is 9.84 Å². The van der Waals surface area contributed by atoms with Crippen LogP contribution in [0, 0.1) is 5.82 Å². The molecule has 17 heavy (non-hydrogen) atoms. The lowest BCUT2D eigenvalue weighted by atomic mass is 9.92. The Morgan fingerprint density at radius 3 is 2.59 bits per heavy atom. The van der Waals surface area contributed by atoms with E-state index < -0.39 is 17.4 Å². The van der Waals surface area contributed by atoms with Crippen LogP contribution in [0.25, 0.3) is 0 Å². The Morgan fingerprint density at radius 1 is 1.41 bits per heavy atom. The number of rotatable bonds is 5. The summed E-state index contributed by atoms with van der Waals surface area (Å²) in [6, 6.07) is 6.08. The van der Waals surface area contributed by atoms with Crippen molar-refractivity contribution < 1.29 is 19.0 Å². The van der Waals surface area contributed by atoms with E-state index in [1.807, 2.05) is 0 Å². The maximum atomic E-state index is 13.4. The monoisotopic (exact) mass is 240 g/mol. The van der Waals surface area contributed by atoms with Crippen LogP contribution >= 0.6 is 0 Å². The quantitative estimate of drug-likeness (QED) is 0.801. The van der Waals surface area contributed by atoms with Crippen LogP contribution in [0.2, 0.25) is 0 Å². The van der Waals surface area contributed by atoms with E-state index in [1.165, 1.54) is 6.07 Å². The third kappa shape index (κ3) is 3.27. The summed E-state index contributed by atoms with van der Waals surface area (Å²) in [7, 11) is 0. The van der Waals surface area contributed by atoms with Gasteiger partial charge in [-0.25, -0.2) is 9.18 Å². The van der Waals surface area contributed by atoms with E-state index in [4.69, 9.17) is 4.74 Å². The lowest BCUT2D eigenvalue weighted by Gasteiger charge is -2.24. The molecule has 0 aliphatic rings. The third-order valence-electron chi connectivity index (χ3n) is 2.68. The van der Waals surface area contributed by atoms with Gasteiger partial charge in [0.1, 0.15) is 5.82 Å². The van der Waals surface area contributed by atoms with E-state index in [2.05, 4.69) is 0 Å². The third-order valence-corrected chi connectivity index (χ3v) is 2.68. The minimum Gasteiger partial charge on any atom is -0.464 e. The van der Waals surface area contributed by atoms with Crippen LogP contribution in [0.1, 0.15) is 25.8 Å². The minimum atomic E-state index is -1.65. The predicted octanol–water partition coefficient (Wildman–Crippen LogP) is 2.07. The Labute approximate surface area is 100 Å². The molecule has 0 aliphatic carbocycles. The molecule has 0 bridgehead atoms. The van der Waals surface area contributed by atoms with Crippen LogP contribution in [-0.2, 0) is 16.0 Å². The van der Waals surface area contributed by atoms with Gasteiger partial charge in [-0.1, -0.05) is 25.1 Å². The van der Waals surface area contributed by atoms with Gasteiger partial charge in [-0.05, 0) is 25.0 Å². The fourth-order valence-corrected chi connectivity index (χ4v) is 1.56. The summed E-state index contributed by atoms with van der Waals surface area (Å²) >= 11 is 0. The molecule has 0 heterocycles. The first kappa shape index (κ1) is 13.6. The van der Waals surface area contributed by atoms with Gasteiger partial charge in [0.15, 0.2) is 5.60 Å². The number of carbonyl (C=O) groups is 1. The van der Waals surface area contributed by atoms with Gasteiger partial charge in [-0.3, -0.25) is 0 Å². The highest BCUT2D eigenvalue weighted by Gasteiger charge is 2.36. The molecule has 1 unspecified atom stereocenters. The highest BCUT2D eigenvalue weighted by molar-refractivity contribution is 5.79. The average Bonchev–Trinajstić information content (AvgIpc) is 2.32. The van der Waals surface area contributed by atoms with Gasteiger partial charge in [0, 0.05) is 6.42 Å². The van der Waals surface area contributed by atoms with E-state index >= 15 is 0 Å². The first-order chi connectivity index (χ1) is 8.03. The van der Waals surface area contributed by atoms with Crippen molar-refractivity contribution in [2.45, 2.75) is 32.3 Å². The first-order valence-corrected chi connectivity index (χ1v) is 5.66. The molecule has 4 heteroatoms. The van der Waals surface area contributed by atoms with Crippen LogP contribution < -0.4 is 0 Å². The van der Waals surface area contributed by atoms with Crippen molar-refractivity contribution in [3.05, 3.63) is 35.6 Å². The van der Waals surface area contributed by atoms with Crippen molar-refractivity contribution in [3.63, 3.8) is 0 Å². The molecule has 0 radical (unpaired) electrons. The zero-order chi connectivity index (χ0) is 12.9. The SMILES string of the molecule is CCOC(=O)C(O)(CC)Cc1ccccc1F. The van der Waals surface area contributed by atoms with Crippen LogP contribution in [0.5, 0.6) is 0 Å². The molecular formula is C13H17FO3. The first-order valence-electron chi connectivity index (χ1n) is 5.66. The maximum absolute atomic E-state index is 13.4. The molecule has 1 aromatic carbocycles. The number of benzene rings is 1. The summed E-state index contributed by atoms with van der Waals surface area (Å²) in [4.78, 5) is 11.6. The molecular weight excluding hydrogens is 223 g/mol. The smallest absolute Gasteiger partial charge is 0.338 e. The van der Waals surface area contributed by atoms with Crippen LogP contribution in [0.3, 0.4) is 0 Å². The number of halogens is 1. The number of carbonyl (C=O) groups excluding carboxylic acids is 1. The van der Waals surface area contributed by atoms with Gasteiger partial charge >= 0.3 is 5.97 Å². The molecule has 0 fully saturated rings. The number of hydrogen-bond donors (Lipinski definition) is 1. The molecule has 0 saturated heterocycles. The molecule has 94 valence electrons. The van der Waals surface area contributed by atoms with Crippen molar-refractivity contribution in [3.8, 4) is 0 Å². The Morgan fingerprint density at radius 2 is 2.06 bits per heavy atom. The van der Waals surface area contributed by atoms with E-state index in [9.17, 15) is 14.3 Å². The zero-order valence-corrected chi connectivity index (χ0v) is 10.1.